The SMILES string of the molecule is O=c1oc2ccccc2c(NCc2ccccc2F)c1[N+](=O)[O-]. The van der Waals surface area contributed by atoms with Crippen LogP contribution in [0.2, 0.25) is 0 Å². The standard InChI is InChI=1S/C16H11FN2O4/c17-12-7-3-1-5-10(12)9-18-14-11-6-2-4-8-13(11)23-16(20)15(14)19(21)22/h1-8,18H,9H2. The van der Waals surface area contributed by atoms with E-state index < -0.39 is 22.1 Å². The molecule has 7 heteroatoms. The first-order chi connectivity index (χ1) is 11.1. The maximum absolute atomic E-state index is 13.7. The van der Waals surface area contributed by atoms with Crippen molar-refractivity contribution >= 4 is 22.3 Å². The smallest absolute Gasteiger partial charge is 0.417 e. The van der Waals surface area contributed by atoms with Crippen LogP contribution in [-0.4, -0.2) is 4.92 Å². The van der Waals surface area contributed by atoms with E-state index in [1.165, 1.54) is 12.1 Å². The molecule has 3 rings (SSSR count). The van der Waals surface area contributed by atoms with Crippen LogP contribution >= 0.6 is 0 Å². The van der Waals surface area contributed by atoms with E-state index in [0.29, 0.717) is 10.9 Å². The van der Waals surface area contributed by atoms with E-state index in [1.54, 1.807) is 36.4 Å². The van der Waals surface area contributed by atoms with Gasteiger partial charge in [0.25, 0.3) is 0 Å². The summed E-state index contributed by atoms with van der Waals surface area (Å²) in [6.45, 7) is 0.000953. The minimum absolute atomic E-state index is 0.000953. The molecule has 0 unspecified atom stereocenters. The fourth-order valence-corrected chi connectivity index (χ4v) is 2.31. The quantitative estimate of drug-likeness (QED) is 0.453. The Morgan fingerprint density at radius 3 is 2.57 bits per heavy atom. The van der Waals surface area contributed by atoms with Crippen LogP contribution in [0.1, 0.15) is 5.56 Å². The van der Waals surface area contributed by atoms with Crippen molar-refractivity contribution in [1.29, 1.82) is 0 Å². The molecule has 116 valence electrons. The molecule has 0 amide bonds. The highest BCUT2D eigenvalue weighted by Gasteiger charge is 2.24. The number of nitro groups is 1. The zero-order valence-electron chi connectivity index (χ0n) is 11.8. The van der Waals surface area contributed by atoms with Crippen molar-refractivity contribution in [2.75, 3.05) is 5.32 Å². The highest BCUT2D eigenvalue weighted by Crippen LogP contribution is 2.30. The van der Waals surface area contributed by atoms with Gasteiger partial charge in [-0.05, 0) is 18.2 Å². The van der Waals surface area contributed by atoms with Crippen molar-refractivity contribution in [3.63, 3.8) is 0 Å². The second-order valence-electron chi connectivity index (χ2n) is 4.81. The molecule has 0 saturated carbocycles. The zero-order valence-corrected chi connectivity index (χ0v) is 11.8. The van der Waals surface area contributed by atoms with Crippen molar-refractivity contribution in [2.24, 2.45) is 0 Å². The van der Waals surface area contributed by atoms with Gasteiger partial charge in [0.2, 0.25) is 0 Å². The molecule has 0 bridgehead atoms. The summed E-state index contributed by atoms with van der Waals surface area (Å²) in [6.07, 6.45) is 0. The summed E-state index contributed by atoms with van der Waals surface area (Å²) in [7, 11) is 0. The molecule has 2 aromatic carbocycles. The highest BCUT2D eigenvalue weighted by atomic mass is 19.1. The number of halogens is 1. The summed E-state index contributed by atoms with van der Waals surface area (Å²) in [4.78, 5) is 22.2. The highest BCUT2D eigenvalue weighted by molar-refractivity contribution is 5.94. The largest absolute Gasteiger partial charge is 0.418 e. The third kappa shape index (κ3) is 2.76. The van der Waals surface area contributed by atoms with Crippen molar-refractivity contribution in [3.8, 4) is 0 Å². The van der Waals surface area contributed by atoms with Crippen molar-refractivity contribution in [3.05, 3.63) is 80.4 Å². The number of rotatable bonds is 4. The number of para-hydroxylation sites is 1. The van der Waals surface area contributed by atoms with Gasteiger partial charge in [-0.15, -0.1) is 0 Å². The van der Waals surface area contributed by atoms with E-state index in [2.05, 4.69) is 5.32 Å². The van der Waals surface area contributed by atoms with E-state index in [0.717, 1.165) is 0 Å². The van der Waals surface area contributed by atoms with Crippen molar-refractivity contribution in [1.82, 2.24) is 0 Å². The Morgan fingerprint density at radius 1 is 1.13 bits per heavy atom. The lowest BCUT2D eigenvalue weighted by Gasteiger charge is -2.09. The second kappa shape index (κ2) is 5.88. The van der Waals surface area contributed by atoms with Crippen LogP contribution < -0.4 is 10.9 Å². The van der Waals surface area contributed by atoms with Gasteiger partial charge < -0.3 is 9.73 Å². The first-order valence-corrected chi connectivity index (χ1v) is 6.75. The first kappa shape index (κ1) is 14.7. The molecule has 0 aliphatic heterocycles. The first-order valence-electron chi connectivity index (χ1n) is 6.75. The Kier molecular flexibility index (Phi) is 3.76. The second-order valence-corrected chi connectivity index (χ2v) is 4.81. The van der Waals surface area contributed by atoms with Gasteiger partial charge in [-0.2, -0.15) is 0 Å². The van der Waals surface area contributed by atoms with E-state index >= 15 is 0 Å². The van der Waals surface area contributed by atoms with Gasteiger partial charge in [0.1, 0.15) is 17.1 Å². The van der Waals surface area contributed by atoms with Crippen LogP contribution in [0.4, 0.5) is 15.8 Å². The summed E-state index contributed by atoms with van der Waals surface area (Å²) in [6, 6.07) is 12.5. The van der Waals surface area contributed by atoms with Crippen LogP contribution in [0, 0.1) is 15.9 Å². The maximum atomic E-state index is 13.7. The van der Waals surface area contributed by atoms with Gasteiger partial charge in [0.15, 0.2) is 0 Å². The van der Waals surface area contributed by atoms with Crippen molar-refractivity contribution in [2.45, 2.75) is 6.54 Å². The molecule has 0 radical (unpaired) electrons. The number of nitrogens with zero attached hydrogens (tertiary/aromatic N) is 1. The number of fused-ring (bicyclic) bond motifs is 1. The predicted molar refractivity (Wildman–Crippen MR) is 82.9 cm³/mol. The summed E-state index contributed by atoms with van der Waals surface area (Å²) in [5.41, 5.74) is -1.17. The molecular weight excluding hydrogens is 303 g/mol. The topological polar surface area (TPSA) is 85.4 Å². The van der Waals surface area contributed by atoms with Crippen LogP contribution in [0.15, 0.2) is 57.7 Å². The van der Waals surface area contributed by atoms with Gasteiger partial charge in [0.05, 0.1) is 4.92 Å². The molecule has 1 heterocycles. The summed E-state index contributed by atoms with van der Waals surface area (Å²) < 4.78 is 18.6. The predicted octanol–water partition coefficient (Wildman–Crippen LogP) is 3.45. The van der Waals surface area contributed by atoms with Crippen LogP contribution in [0.5, 0.6) is 0 Å². The molecule has 0 fully saturated rings. The maximum Gasteiger partial charge on any atom is 0.417 e. The Labute approximate surface area is 129 Å². The Bertz CT molecular complexity index is 952. The van der Waals surface area contributed by atoms with Crippen molar-refractivity contribution < 1.29 is 13.7 Å². The fraction of sp³-hybridized carbons (Fsp3) is 0.0625. The van der Waals surface area contributed by atoms with E-state index in [-0.39, 0.29) is 17.8 Å². The lowest BCUT2D eigenvalue weighted by atomic mass is 10.1. The molecule has 6 nitrogen and oxygen atoms in total. The number of hydrogen-bond acceptors (Lipinski definition) is 5. The lowest BCUT2D eigenvalue weighted by Crippen LogP contribution is -2.12. The molecule has 0 atom stereocenters. The Morgan fingerprint density at radius 2 is 1.83 bits per heavy atom. The third-order valence-electron chi connectivity index (χ3n) is 3.39. The van der Waals surface area contributed by atoms with Crippen LogP contribution in [0.25, 0.3) is 11.0 Å². The summed E-state index contributed by atoms with van der Waals surface area (Å²) >= 11 is 0. The molecular formula is C16H11FN2O4. The molecule has 1 aromatic heterocycles. The Balaban J connectivity index is 2.11. The molecule has 0 aliphatic carbocycles. The van der Waals surface area contributed by atoms with Gasteiger partial charge in [-0.1, -0.05) is 30.3 Å². The Hall–Kier alpha value is -3.22. The normalized spacial score (nSPS) is 10.7. The molecule has 0 aliphatic rings. The molecule has 0 saturated heterocycles. The fourth-order valence-electron chi connectivity index (χ4n) is 2.31. The van der Waals surface area contributed by atoms with Gasteiger partial charge in [-0.25, -0.2) is 9.18 Å². The van der Waals surface area contributed by atoms with Gasteiger partial charge in [-0.3, -0.25) is 10.1 Å². The van der Waals surface area contributed by atoms with Crippen LogP contribution in [0.3, 0.4) is 0 Å². The van der Waals surface area contributed by atoms with E-state index in [4.69, 9.17) is 4.42 Å². The minimum Gasteiger partial charge on any atom is -0.418 e. The van der Waals surface area contributed by atoms with Crippen LogP contribution in [-0.2, 0) is 6.54 Å². The monoisotopic (exact) mass is 314 g/mol. The molecule has 3 aromatic rings. The molecule has 0 spiro atoms. The number of nitrogens with one attached hydrogen (secondary N) is 1. The summed E-state index contributed by atoms with van der Waals surface area (Å²) in [5, 5.41) is 14.4. The van der Waals surface area contributed by atoms with E-state index in [9.17, 15) is 19.3 Å². The number of anilines is 1. The average molecular weight is 314 g/mol. The number of benzene rings is 2. The zero-order chi connectivity index (χ0) is 16.4. The molecule has 23 heavy (non-hydrogen) atoms. The van der Waals surface area contributed by atoms with Gasteiger partial charge in [0, 0.05) is 17.5 Å². The number of hydrogen-bond donors (Lipinski definition) is 1. The summed E-state index contributed by atoms with van der Waals surface area (Å²) in [5.74, 6) is -0.435. The molecule has 1 N–H and O–H groups in total. The van der Waals surface area contributed by atoms with Gasteiger partial charge >= 0.3 is 11.3 Å². The van der Waals surface area contributed by atoms with E-state index in [1.807, 2.05) is 0 Å². The third-order valence-corrected chi connectivity index (χ3v) is 3.39. The minimum atomic E-state index is -1.05. The average Bonchev–Trinajstić information content (AvgIpc) is 2.53. The lowest BCUT2D eigenvalue weighted by molar-refractivity contribution is -0.386.